The van der Waals surface area contributed by atoms with Crippen molar-refractivity contribution in [3.05, 3.63) is 118 Å². The summed E-state index contributed by atoms with van der Waals surface area (Å²) in [6.45, 7) is 3.82. The van der Waals surface area contributed by atoms with E-state index < -0.39 is 17.5 Å². The summed E-state index contributed by atoms with van der Waals surface area (Å²) in [5.41, 5.74) is 6.84. The summed E-state index contributed by atoms with van der Waals surface area (Å²) in [6, 6.07) is 19.9. The number of amides is 2. The molecule has 46 heavy (non-hydrogen) atoms. The van der Waals surface area contributed by atoms with Crippen LogP contribution in [-0.2, 0) is 25.9 Å². The zero-order valence-corrected chi connectivity index (χ0v) is 26.5. The highest BCUT2D eigenvalue weighted by molar-refractivity contribution is 6.05. The van der Waals surface area contributed by atoms with Gasteiger partial charge in [-0.25, -0.2) is 8.78 Å². The van der Waals surface area contributed by atoms with E-state index in [0.29, 0.717) is 28.8 Å². The molecule has 0 unspecified atom stereocenters. The summed E-state index contributed by atoms with van der Waals surface area (Å²) in [7, 11) is 7.28. The molecule has 0 aromatic heterocycles. The van der Waals surface area contributed by atoms with Gasteiger partial charge in [-0.1, -0.05) is 12.1 Å². The van der Waals surface area contributed by atoms with E-state index in [1.807, 2.05) is 31.3 Å². The minimum absolute atomic E-state index is 0.167. The number of hydrogen-bond acceptors (Lipinski definition) is 6. The second-order valence-corrected chi connectivity index (χ2v) is 11.5. The second kappa shape index (κ2) is 14.5. The number of benzene rings is 4. The van der Waals surface area contributed by atoms with Gasteiger partial charge in [-0.15, -0.1) is 0 Å². The quantitative estimate of drug-likeness (QED) is 0.267. The first kappa shape index (κ1) is 32.6. The zero-order valence-electron chi connectivity index (χ0n) is 26.5. The molecule has 6 rings (SSSR count). The third kappa shape index (κ3) is 7.88. The Morgan fingerprint density at radius 1 is 0.652 bits per heavy atom. The number of fused-ring (bicyclic) bond motifs is 2. The molecule has 0 fully saturated rings. The van der Waals surface area contributed by atoms with Gasteiger partial charge in [0.15, 0.2) is 11.5 Å². The lowest BCUT2D eigenvalue weighted by Crippen LogP contribution is -2.26. The molecule has 2 amide bonds. The van der Waals surface area contributed by atoms with Crippen molar-refractivity contribution < 1.29 is 27.8 Å². The number of halogens is 2. The highest BCUT2D eigenvalue weighted by atomic mass is 19.1. The fourth-order valence-electron chi connectivity index (χ4n) is 5.60. The van der Waals surface area contributed by atoms with Gasteiger partial charge in [-0.3, -0.25) is 9.59 Å². The number of nitrogens with one attached hydrogen (secondary N) is 2. The fourth-order valence-corrected chi connectivity index (χ4v) is 5.60. The first-order chi connectivity index (χ1) is 22.1. The van der Waals surface area contributed by atoms with Crippen molar-refractivity contribution >= 4 is 23.2 Å². The number of methoxy groups -OCH3 is 2. The summed E-state index contributed by atoms with van der Waals surface area (Å²) in [5, 5.41) is 5.62. The van der Waals surface area contributed by atoms with Crippen LogP contribution in [0.4, 0.5) is 20.2 Å². The first-order valence-corrected chi connectivity index (χ1v) is 15.0. The molecule has 2 aliphatic rings. The van der Waals surface area contributed by atoms with Crippen molar-refractivity contribution in [1.29, 1.82) is 0 Å². The molecule has 0 aliphatic carbocycles. The van der Waals surface area contributed by atoms with Crippen LogP contribution in [0.5, 0.6) is 11.5 Å². The molecule has 8 nitrogen and oxygen atoms in total. The number of carbonyl (C=O) groups is 2. The molecule has 0 radical (unpaired) electrons. The van der Waals surface area contributed by atoms with Crippen LogP contribution in [0.25, 0.3) is 0 Å². The third-order valence-corrected chi connectivity index (χ3v) is 8.16. The van der Waals surface area contributed by atoms with Crippen LogP contribution in [0.2, 0.25) is 0 Å². The topological polar surface area (TPSA) is 83.1 Å². The molecule has 0 saturated carbocycles. The Labute approximate surface area is 267 Å². The molecule has 240 valence electrons. The summed E-state index contributed by atoms with van der Waals surface area (Å²) < 4.78 is 37.0. The Morgan fingerprint density at radius 3 is 1.76 bits per heavy atom. The molecule has 2 aliphatic heterocycles. The average molecular weight is 629 g/mol. The van der Waals surface area contributed by atoms with Crippen molar-refractivity contribution in [1.82, 2.24) is 9.80 Å². The van der Waals surface area contributed by atoms with Gasteiger partial charge in [0.2, 0.25) is 0 Å². The van der Waals surface area contributed by atoms with Crippen LogP contribution in [0, 0.1) is 11.6 Å². The van der Waals surface area contributed by atoms with E-state index in [9.17, 15) is 18.4 Å². The summed E-state index contributed by atoms with van der Waals surface area (Å²) in [5.74, 6) is -1.18. The number of likely N-dealkylation sites (N-methyl/N-ethyl adjacent to an activating group) is 2. The minimum Gasteiger partial charge on any atom is -0.493 e. The summed E-state index contributed by atoms with van der Waals surface area (Å²) >= 11 is 0. The Bertz CT molecular complexity index is 1750. The van der Waals surface area contributed by atoms with E-state index >= 15 is 0 Å². The number of hydrogen-bond donors (Lipinski definition) is 2. The van der Waals surface area contributed by atoms with Crippen LogP contribution in [0.15, 0.2) is 72.8 Å². The van der Waals surface area contributed by atoms with Gasteiger partial charge in [-0.05, 0) is 104 Å². The van der Waals surface area contributed by atoms with Gasteiger partial charge < -0.3 is 29.9 Å². The molecule has 10 heteroatoms. The van der Waals surface area contributed by atoms with Crippen LogP contribution < -0.4 is 20.1 Å². The lowest BCUT2D eigenvalue weighted by molar-refractivity contribution is 0.101. The highest BCUT2D eigenvalue weighted by Gasteiger charge is 2.17. The van der Waals surface area contributed by atoms with E-state index in [1.54, 1.807) is 32.4 Å². The van der Waals surface area contributed by atoms with Gasteiger partial charge in [0, 0.05) is 49.2 Å². The van der Waals surface area contributed by atoms with Crippen molar-refractivity contribution in [2.24, 2.45) is 0 Å². The fraction of sp³-hybridized carbons (Fsp3) is 0.278. The predicted octanol–water partition coefficient (Wildman–Crippen LogP) is 6.15. The molecular weight excluding hydrogens is 590 g/mol. The molecule has 0 saturated heterocycles. The van der Waals surface area contributed by atoms with Crippen molar-refractivity contribution in [2.45, 2.75) is 25.9 Å². The van der Waals surface area contributed by atoms with Gasteiger partial charge >= 0.3 is 0 Å². The van der Waals surface area contributed by atoms with E-state index in [-0.39, 0.29) is 11.5 Å². The molecule has 4 aromatic carbocycles. The average Bonchev–Trinajstić information content (AvgIpc) is 3.04. The second-order valence-electron chi connectivity index (χ2n) is 11.5. The van der Waals surface area contributed by atoms with Crippen molar-refractivity contribution in [3.8, 4) is 11.5 Å². The Hall–Kier alpha value is -4.80. The largest absolute Gasteiger partial charge is 0.493 e. The normalized spacial score (nSPS) is 14.2. The van der Waals surface area contributed by atoms with E-state index in [0.717, 1.165) is 62.4 Å². The van der Waals surface area contributed by atoms with Gasteiger partial charge in [0.1, 0.15) is 11.6 Å². The number of carbonyl (C=O) groups excluding carboxylic acids is 2. The van der Waals surface area contributed by atoms with Crippen molar-refractivity contribution in [3.63, 3.8) is 0 Å². The predicted molar refractivity (Wildman–Crippen MR) is 175 cm³/mol. The third-order valence-electron chi connectivity index (χ3n) is 8.16. The molecular formula is C36H38F2N4O4. The SMILES string of the molecule is CN1CCc2ccc(NC(=O)c3ccc(F)cc3F)cc2C1.COc1ccc(C(=O)Nc2ccc3c(c2)CN(C)CC3)cc1OC. The van der Waals surface area contributed by atoms with Crippen LogP contribution in [0.1, 0.15) is 43.0 Å². The van der Waals surface area contributed by atoms with Gasteiger partial charge in [-0.2, -0.15) is 0 Å². The highest BCUT2D eigenvalue weighted by Crippen LogP contribution is 2.28. The number of nitrogens with zero attached hydrogens (tertiary/aromatic N) is 2. The first-order valence-electron chi connectivity index (χ1n) is 15.0. The maximum Gasteiger partial charge on any atom is 0.258 e. The van der Waals surface area contributed by atoms with E-state index in [2.05, 4.69) is 39.6 Å². The van der Waals surface area contributed by atoms with Crippen LogP contribution in [-0.4, -0.2) is 63.0 Å². The van der Waals surface area contributed by atoms with E-state index in [4.69, 9.17) is 9.47 Å². The number of anilines is 2. The lowest BCUT2D eigenvalue weighted by Gasteiger charge is -2.25. The molecule has 2 heterocycles. The molecule has 2 N–H and O–H groups in total. The Morgan fingerprint density at radius 2 is 1.22 bits per heavy atom. The van der Waals surface area contributed by atoms with Crippen LogP contribution in [0.3, 0.4) is 0 Å². The molecule has 4 aromatic rings. The van der Waals surface area contributed by atoms with Gasteiger partial charge in [0.25, 0.3) is 11.8 Å². The van der Waals surface area contributed by atoms with Gasteiger partial charge in [0.05, 0.1) is 19.8 Å². The number of ether oxygens (including phenoxy) is 2. The number of rotatable bonds is 6. The van der Waals surface area contributed by atoms with E-state index in [1.165, 1.54) is 16.7 Å². The van der Waals surface area contributed by atoms with Crippen LogP contribution >= 0.6 is 0 Å². The summed E-state index contributed by atoms with van der Waals surface area (Å²) in [4.78, 5) is 29.1. The van der Waals surface area contributed by atoms with Crippen molar-refractivity contribution in [2.75, 3.05) is 52.0 Å². The zero-order chi connectivity index (χ0) is 32.8. The molecule has 0 bridgehead atoms. The molecule has 0 spiro atoms. The molecule has 0 atom stereocenters. The maximum atomic E-state index is 13.6. The Balaban J connectivity index is 0.000000182. The minimum atomic E-state index is -0.866. The summed E-state index contributed by atoms with van der Waals surface area (Å²) in [6.07, 6.45) is 2.03. The standard InChI is InChI=1S/C19H22N2O3.C17H16F2N2O/c1-21-9-8-13-4-6-16(10-15(13)12-21)20-19(22)14-5-7-17(23-2)18(11-14)24-3;1-21-7-6-11-2-4-14(8-12(11)10-21)20-17(22)15-5-3-13(18)9-16(15)19/h4-7,10-11H,8-9,12H2,1-3H3,(H,20,22);2-5,8-9H,6-7,10H2,1H3,(H,20,22). The lowest BCUT2D eigenvalue weighted by atomic mass is 9.99. The Kier molecular flexibility index (Phi) is 10.3. The maximum absolute atomic E-state index is 13.6. The monoisotopic (exact) mass is 628 g/mol. The smallest absolute Gasteiger partial charge is 0.258 e.